The molecule has 26 heavy (non-hydrogen) atoms. The minimum absolute atomic E-state index is 0. The fourth-order valence-electron chi connectivity index (χ4n) is 3.94. The van der Waals surface area contributed by atoms with Gasteiger partial charge in [-0.25, -0.2) is 0 Å². The number of nitrogens with one attached hydrogen (secondary N) is 2. The summed E-state index contributed by atoms with van der Waals surface area (Å²) in [6.07, 6.45) is 12.6. The maximum Gasteiger partial charge on any atom is 0.191 e. The predicted octanol–water partition coefficient (Wildman–Crippen LogP) is 3.59. The van der Waals surface area contributed by atoms with Crippen molar-refractivity contribution < 1.29 is 8.95 Å². The second-order valence-corrected chi connectivity index (χ2v) is 9.29. The summed E-state index contributed by atoms with van der Waals surface area (Å²) in [6.45, 7) is 3.54. The van der Waals surface area contributed by atoms with E-state index in [1.165, 1.54) is 38.5 Å². The molecule has 0 amide bonds. The van der Waals surface area contributed by atoms with Crippen molar-refractivity contribution in [3.63, 3.8) is 0 Å². The second-order valence-electron chi connectivity index (χ2n) is 7.28. The fraction of sp³-hybridized carbons (Fsp3) is 0.947. The van der Waals surface area contributed by atoms with E-state index >= 15 is 0 Å². The molecular formula is C19H38IN3O2S. The minimum atomic E-state index is -0.682. The van der Waals surface area contributed by atoms with Gasteiger partial charge in [0, 0.05) is 41.4 Å². The zero-order chi connectivity index (χ0) is 17.9. The Balaban J connectivity index is 0.00000338. The molecule has 2 aliphatic carbocycles. The van der Waals surface area contributed by atoms with Crippen molar-refractivity contribution in [1.82, 2.24) is 10.6 Å². The maximum atomic E-state index is 12.1. The summed E-state index contributed by atoms with van der Waals surface area (Å²) in [5.41, 5.74) is 0. The van der Waals surface area contributed by atoms with Gasteiger partial charge in [0.05, 0.1) is 12.7 Å². The first-order valence-corrected chi connectivity index (χ1v) is 11.6. The molecule has 7 heteroatoms. The molecule has 0 radical (unpaired) electrons. The molecule has 5 nitrogen and oxygen atoms in total. The largest absolute Gasteiger partial charge is 0.376 e. The van der Waals surface area contributed by atoms with Crippen LogP contribution in [-0.4, -0.2) is 53.5 Å². The molecule has 3 atom stereocenters. The van der Waals surface area contributed by atoms with Gasteiger partial charge in [-0.2, -0.15) is 0 Å². The van der Waals surface area contributed by atoms with E-state index in [2.05, 4.69) is 15.6 Å². The van der Waals surface area contributed by atoms with Crippen molar-refractivity contribution in [2.24, 2.45) is 4.99 Å². The third-order valence-corrected chi connectivity index (χ3v) is 7.14. The molecule has 2 saturated carbocycles. The number of guanidine groups is 1. The van der Waals surface area contributed by atoms with Gasteiger partial charge in [0.1, 0.15) is 0 Å². The lowest BCUT2D eigenvalue weighted by Crippen LogP contribution is -2.47. The summed E-state index contributed by atoms with van der Waals surface area (Å²) < 4.78 is 18.1. The number of halogens is 1. The Morgan fingerprint density at radius 2 is 1.85 bits per heavy atom. The van der Waals surface area contributed by atoms with E-state index in [9.17, 15) is 4.21 Å². The predicted molar refractivity (Wildman–Crippen MR) is 122 cm³/mol. The van der Waals surface area contributed by atoms with E-state index in [0.29, 0.717) is 17.4 Å². The van der Waals surface area contributed by atoms with Crippen molar-refractivity contribution in [3.8, 4) is 0 Å². The van der Waals surface area contributed by atoms with Crippen LogP contribution in [0.15, 0.2) is 4.99 Å². The van der Waals surface area contributed by atoms with Crippen molar-refractivity contribution in [2.45, 2.75) is 88.5 Å². The lowest BCUT2D eigenvalue weighted by atomic mass is 9.95. The monoisotopic (exact) mass is 499 g/mol. The smallest absolute Gasteiger partial charge is 0.191 e. The van der Waals surface area contributed by atoms with Gasteiger partial charge in [0.2, 0.25) is 0 Å². The molecule has 2 fully saturated rings. The molecule has 154 valence electrons. The third-order valence-electron chi connectivity index (χ3n) is 5.40. The van der Waals surface area contributed by atoms with Gasteiger partial charge < -0.3 is 15.4 Å². The van der Waals surface area contributed by atoms with E-state index < -0.39 is 10.8 Å². The van der Waals surface area contributed by atoms with Gasteiger partial charge in [-0.15, -0.1) is 24.0 Å². The van der Waals surface area contributed by atoms with Crippen LogP contribution in [0.25, 0.3) is 0 Å². The van der Waals surface area contributed by atoms with Crippen molar-refractivity contribution in [1.29, 1.82) is 0 Å². The van der Waals surface area contributed by atoms with Crippen molar-refractivity contribution in [3.05, 3.63) is 0 Å². The zero-order valence-electron chi connectivity index (χ0n) is 16.5. The van der Waals surface area contributed by atoms with Crippen LogP contribution >= 0.6 is 24.0 Å². The summed E-state index contributed by atoms with van der Waals surface area (Å²) in [5, 5.41) is 7.22. The Labute approximate surface area is 179 Å². The lowest BCUT2D eigenvalue weighted by molar-refractivity contribution is 0.0468. The topological polar surface area (TPSA) is 62.7 Å². The molecule has 2 aliphatic rings. The first-order valence-electron chi connectivity index (χ1n) is 10.2. The highest BCUT2D eigenvalue weighted by Crippen LogP contribution is 2.23. The summed E-state index contributed by atoms with van der Waals surface area (Å²) >= 11 is 0. The van der Waals surface area contributed by atoms with Crippen LogP contribution in [0.3, 0.4) is 0 Å². The molecule has 0 aromatic heterocycles. The van der Waals surface area contributed by atoms with E-state index in [1.807, 2.05) is 14.0 Å². The number of aliphatic imine (C=N–C) groups is 1. The van der Waals surface area contributed by atoms with E-state index in [0.717, 1.165) is 50.5 Å². The average Bonchev–Trinajstić information content (AvgIpc) is 2.92. The molecule has 0 aliphatic heterocycles. The fourth-order valence-corrected chi connectivity index (χ4v) is 5.29. The van der Waals surface area contributed by atoms with Crippen LogP contribution in [0.1, 0.15) is 71.1 Å². The first-order chi connectivity index (χ1) is 12.2. The Kier molecular flexibility index (Phi) is 13.1. The maximum absolute atomic E-state index is 12.1. The van der Waals surface area contributed by atoms with Gasteiger partial charge in [0.25, 0.3) is 0 Å². The number of nitrogens with zero attached hydrogens (tertiary/aromatic N) is 1. The minimum Gasteiger partial charge on any atom is -0.376 e. The molecule has 0 spiro atoms. The van der Waals surface area contributed by atoms with Crippen LogP contribution in [0.4, 0.5) is 0 Å². The van der Waals surface area contributed by atoms with Crippen LogP contribution in [0.5, 0.6) is 0 Å². The molecule has 2 rings (SSSR count). The Morgan fingerprint density at radius 3 is 2.50 bits per heavy atom. The van der Waals surface area contributed by atoms with E-state index in [-0.39, 0.29) is 24.0 Å². The normalized spacial score (nSPS) is 26.5. The highest BCUT2D eigenvalue weighted by molar-refractivity contribution is 14.0. The Hall–Kier alpha value is 0.110. The Bertz CT molecular complexity index is 429. The van der Waals surface area contributed by atoms with Gasteiger partial charge in [-0.05, 0) is 32.1 Å². The van der Waals surface area contributed by atoms with Crippen LogP contribution in [0, 0.1) is 0 Å². The van der Waals surface area contributed by atoms with Crippen molar-refractivity contribution >= 4 is 40.7 Å². The van der Waals surface area contributed by atoms with Crippen LogP contribution in [-0.2, 0) is 15.5 Å². The third kappa shape index (κ3) is 8.87. The highest BCUT2D eigenvalue weighted by Gasteiger charge is 2.26. The summed E-state index contributed by atoms with van der Waals surface area (Å²) in [4.78, 5) is 4.33. The SMILES string of the molecule is CCS(=O)C1CCCC(NC(=NC)NCCOC2CCCCCC2)C1.I. The van der Waals surface area contributed by atoms with E-state index in [1.54, 1.807) is 0 Å². The standard InChI is InChI=1S/C19H37N3O2S.HI/c1-3-25(23)18-12-8-9-16(15-18)22-19(20-2)21-13-14-24-17-10-6-4-5-7-11-17;/h16-18H,3-15H2,1-2H3,(H2,20,21,22);1H. The molecule has 0 aromatic rings. The second kappa shape index (κ2) is 14.2. The zero-order valence-corrected chi connectivity index (χ0v) is 19.7. The van der Waals surface area contributed by atoms with Crippen LogP contribution in [0.2, 0.25) is 0 Å². The molecule has 0 heterocycles. The molecular weight excluding hydrogens is 461 g/mol. The van der Waals surface area contributed by atoms with Gasteiger partial charge in [-0.1, -0.05) is 39.0 Å². The molecule has 0 aromatic carbocycles. The number of hydrogen-bond acceptors (Lipinski definition) is 3. The van der Waals surface area contributed by atoms with Crippen LogP contribution < -0.4 is 10.6 Å². The molecule has 0 bridgehead atoms. The lowest BCUT2D eigenvalue weighted by Gasteiger charge is -2.30. The van der Waals surface area contributed by atoms with Crippen molar-refractivity contribution in [2.75, 3.05) is 26.0 Å². The average molecular weight is 500 g/mol. The van der Waals surface area contributed by atoms with Gasteiger partial charge >= 0.3 is 0 Å². The summed E-state index contributed by atoms with van der Waals surface area (Å²) in [7, 11) is 1.13. The number of rotatable bonds is 7. The summed E-state index contributed by atoms with van der Waals surface area (Å²) in [5.74, 6) is 1.61. The van der Waals surface area contributed by atoms with Gasteiger partial charge in [-0.3, -0.25) is 9.20 Å². The van der Waals surface area contributed by atoms with Gasteiger partial charge in [0.15, 0.2) is 5.96 Å². The van der Waals surface area contributed by atoms with E-state index in [4.69, 9.17) is 4.74 Å². The number of hydrogen-bond donors (Lipinski definition) is 2. The summed E-state index contributed by atoms with van der Waals surface area (Å²) in [6, 6.07) is 0.378. The molecule has 3 unspecified atom stereocenters. The first kappa shape index (κ1) is 24.1. The molecule has 0 saturated heterocycles. The highest BCUT2D eigenvalue weighted by atomic mass is 127. The quantitative estimate of drug-likeness (QED) is 0.185. The molecule has 2 N–H and O–H groups in total. The Morgan fingerprint density at radius 1 is 1.12 bits per heavy atom. The number of ether oxygens (including phenoxy) is 1.